The molecular formula is C14H15N3O2. The molecule has 0 saturated carbocycles. The topological polar surface area (TPSA) is 62.6 Å². The molecule has 1 aromatic rings. The molecule has 19 heavy (non-hydrogen) atoms. The predicted molar refractivity (Wildman–Crippen MR) is 69.9 cm³/mol. The van der Waals surface area contributed by atoms with Crippen molar-refractivity contribution in [2.45, 2.75) is 33.2 Å². The van der Waals surface area contributed by atoms with Crippen molar-refractivity contribution in [3.8, 4) is 0 Å². The molecule has 3 rings (SSSR count). The van der Waals surface area contributed by atoms with Crippen molar-refractivity contribution in [3.05, 3.63) is 29.1 Å². The largest absolute Gasteiger partial charge is 0.271 e. The summed E-state index contributed by atoms with van der Waals surface area (Å²) >= 11 is 0. The van der Waals surface area contributed by atoms with Gasteiger partial charge in [-0.15, -0.1) is 0 Å². The third kappa shape index (κ3) is 1.35. The number of hydrogen-bond donors (Lipinski definition) is 0. The Labute approximate surface area is 111 Å². The van der Waals surface area contributed by atoms with Crippen LogP contribution in [0.25, 0.3) is 0 Å². The fraction of sp³-hybridized carbons (Fsp3) is 0.429. The van der Waals surface area contributed by atoms with Crippen molar-refractivity contribution in [2.24, 2.45) is 10.9 Å². The molecule has 5 heteroatoms. The predicted octanol–water partition coefficient (Wildman–Crippen LogP) is 1.55. The molecule has 2 amide bonds. The quantitative estimate of drug-likeness (QED) is 0.717. The van der Waals surface area contributed by atoms with Gasteiger partial charge in [-0.05, 0) is 31.4 Å². The third-order valence-corrected chi connectivity index (χ3v) is 3.98. The lowest BCUT2D eigenvalue weighted by Crippen LogP contribution is -2.44. The number of carbonyl (C=O) groups excluding carboxylic acids is 2. The Bertz CT molecular complexity index is 648. The zero-order chi connectivity index (χ0) is 13.9. The second-order valence-electron chi connectivity index (χ2n) is 5.59. The van der Waals surface area contributed by atoms with Crippen LogP contribution >= 0.6 is 0 Å². The summed E-state index contributed by atoms with van der Waals surface area (Å²) in [5.74, 6) is -0.126. The third-order valence-electron chi connectivity index (χ3n) is 3.98. The van der Waals surface area contributed by atoms with Crippen LogP contribution in [0.15, 0.2) is 17.3 Å². The molecule has 1 atom stereocenters. The Morgan fingerprint density at radius 3 is 2.63 bits per heavy atom. The summed E-state index contributed by atoms with van der Waals surface area (Å²) in [5, 5.41) is 0. The second-order valence-corrected chi connectivity index (χ2v) is 5.59. The molecule has 0 bridgehead atoms. The van der Waals surface area contributed by atoms with Gasteiger partial charge >= 0.3 is 0 Å². The lowest BCUT2D eigenvalue weighted by atomic mass is 9.88. The molecule has 1 aromatic heterocycles. The molecule has 2 aliphatic rings. The van der Waals surface area contributed by atoms with Crippen molar-refractivity contribution in [3.63, 3.8) is 0 Å². The fourth-order valence-electron chi connectivity index (χ4n) is 2.39. The molecule has 1 unspecified atom stereocenters. The monoisotopic (exact) mass is 257 g/mol. The molecule has 5 nitrogen and oxygen atoms in total. The number of pyridine rings is 1. The van der Waals surface area contributed by atoms with Crippen molar-refractivity contribution < 1.29 is 9.59 Å². The number of rotatable bonds is 1. The second kappa shape index (κ2) is 3.50. The van der Waals surface area contributed by atoms with Crippen LogP contribution < -0.4 is 0 Å². The van der Waals surface area contributed by atoms with Gasteiger partial charge in [0, 0.05) is 6.20 Å². The van der Waals surface area contributed by atoms with Gasteiger partial charge in [-0.25, -0.2) is 9.89 Å². The first-order chi connectivity index (χ1) is 8.86. The van der Waals surface area contributed by atoms with E-state index >= 15 is 0 Å². The van der Waals surface area contributed by atoms with E-state index in [-0.39, 0.29) is 17.7 Å². The maximum absolute atomic E-state index is 12.5. The number of carbonyl (C=O) groups is 2. The van der Waals surface area contributed by atoms with Crippen molar-refractivity contribution in [1.82, 2.24) is 9.88 Å². The van der Waals surface area contributed by atoms with Crippen LogP contribution in [-0.4, -0.2) is 33.1 Å². The summed E-state index contributed by atoms with van der Waals surface area (Å²) in [6.45, 7) is 7.49. The Morgan fingerprint density at radius 1 is 1.32 bits per heavy atom. The molecule has 98 valence electrons. The summed E-state index contributed by atoms with van der Waals surface area (Å²) in [6, 6.07) is 1.76. The highest BCUT2D eigenvalue weighted by atomic mass is 16.2. The van der Waals surface area contributed by atoms with E-state index in [1.54, 1.807) is 19.2 Å². The van der Waals surface area contributed by atoms with E-state index in [4.69, 9.17) is 0 Å². The first-order valence-electron chi connectivity index (χ1n) is 6.32. The van der Waals surface area contributed by atoms with Crippen LogP contribution in [0, 0.1) is 12.8 Å². The minimum atomic E-state index is -0.866. The first-order valence-corrected chi connectivity index (χ1v) is 6.32. The maximum atomic E-state index is 12.5. The van der Waals surface area contributed by atoms with E-state index in [0.29, 0.717) is 17.1 Å². The number of hydrogen-bond acceptors (Lipinski definition) is 4. The van der Waals surface area contributed by atoms with E-state index in [0.717, 1.165) is 5.56 Å². The first kappa shape index (κ1) is 12.0. The number of fused-ring (bicyclic) bond motifs is 3. The molecular weight excluding hydrogens is 242 g/mol. The lowest BCUT2D eigenvalue weighted by Gasteiger charge is -2.24. The summed E-state index contributed by atoms with van der Waals surface area (Å²) in [4.78, 5) is 34.7. The highest BCUT2D eigenvalue weighted by molar-refractivity contribution is 6.33. The Kier molecular flexibility index (Phi) is 2.21. The van der Waals surface area contributed by atoms with Crippen molar-refractivity contribution in [2.75, 3.05) is 0 Å². The summed E-state index contributed by atoms with van der Waals surface area (Å²) in [6.07, 6.45) is 1.69. The molecule has 0 N–H and O–H groups in total. The zero-order valence-electron chi connectivity index (χ0n) is 11.4. The number of nitrogens with zero attached hydrogens (tertiary/aromatic N) is 3. The maximum Gasteiger partial charge on any atom is 0.268 e. The number of aryl methyl sites for hydroxylation is 1. The SMILES string of the molecule is Cc1cnc2c(c1)C(=O)N1C(=O)C(C)(C(C)C)N=C21. The van der Waals surface area contributed by atoms with Gasteiger partial charge in [0.25, 0.3) is 11.8 Å². The van der Waals surface area contributed by atoms with E-state index in [1.165, 1.54) is 4.90 Å². The number of aromatic nitrogens is 1. The molecule has 0 radical (unpaired) electrons. The van der Waals surface area contributed by atoms with Gasteiger partial charge < -0.3 is 0 Å². The summed E-state index contributed by atoms with van der Waals surface area (Å²) < 4.78 is 0. The zero-order valence-corrected chi connectivity index (χ0v) is 11.4. The van der Waals surface area contributed by atoms with Gasteiger partial charge in [0.1, 0.15) is 11.2 Å². The molecule has 0 saturated heterocycles. The lowest BCUT2D eigenvalue weighted by molar-refractivity contribution is -0.130. The number of aliphatic imine (C=N–C) groups is 1. The van der Waals surface area contributed by atoms with Crippen LogP contribution in [0.5, 0.6) is 0 Å². The minimum Gasteiger partial charge on any atom is -0.271 e. The fourth-order valence-corrected chi connectivity index (χ4v) is 2.39. The molecule has 0 spiro atoms. The molecule has 0 aromatic carbocycles. The van der Waals surface area contributed by atoms with E-state index in [1.807, 2.05) is 20.8 Å². The smallest absolute Gasteiger partial charge is 0.268 e. The standard InChI is InChI=1S/C14H15N3O2/c1-7(2)14(4)13(19)17-11(16-14)10-9(12(17)18)5-8(3)6-15-10/h5-7H,1-4H3. The van der Waals surface area contributed by atoms with Gasteiger partial charge in [-0.3, -0.25) is 14.6 Å². The Hall–Kier alpha value is -2.04. The van der Waals surface area contributed by atoms with Gasteiger partial charge in [-0.2, -0.15) is 0 Å². The summed E-state index contributed by atoms with van der Waals surface area (Å²) in [7, 11) is 0. The van der Waals surface area contributed by atoms with Crippen LogP contribution in [-0.2, 0) is 4.79 Å². The average molecular weight is 257 g/mol. The highest BCUT2D eigenvalue weighted by Crippen LogP contribution is 2.36. The van der Waals surface area contributed by atoms with E-state index in [2.05, 4.69) is 9.98 Å². The summed E-state index contributed by atoms with van der Waals surface area (Å²) in [5.41, 5.74) is 1.02. The number of imide groups is 1. The van der Waals surface area contributed by atoms with Crippen LogP contribution in [0.2, 0.25) is 0 Å². The van der Waals surface area contributed by atoms with Gasteiger partial charge in [-0.1, -0.05) is 13.8 Å². The van der Waals surface area contributed by atoms with E-state index in [9.17, 15) is 9.59 Å². The normalized spacial score (nSPS) is 24.9. The average Bonchev–Trinajstić information content (AvgIpc) is 2.76. The number of amidine groups is 1. The van der Waals surface area contributed by atoms with Gasteiger partial charge in [0.15, 0.2) is 5.84 Å². The molecule has 3 heterocycles. The minimum absolute atomic E-state index is 0.0276. The van der Waals surface area contributed by atoms with Crippen LogP contribution in [0.1, 0.15) is 42.4 Å². The van der Waals surface area contributed by atoms with Crippen molar-refractivity contribution >= 4 is 17.6 Å². The van der Waals surface area contributed by atoms with Gasteiger partial charge in [0.2, 0.25) is 0 Å². The van der Waals surface area contributed by atoms with Crippen molar-refractivity contribution in [1.29, 1.82) is 0 Å². The molecule has 0 fully saturated rings. The van der Waals surface area contributed by atoms with Gasteiger partial charge in [0.05, 0.1) is 5.56 Å². The van der Waals surface area contributed by atoms with E-state index < -0.39 is 5.54 Å². The Balaban J connectivity index is 2.22. The highest BCUT2D eigenvalue weighted by Gasteiger charge is 2.53. The Morgan fingerprint density at radius 2 is 2.00 bits per heavy atom. The van der Waals surface area contributed by atoms with Crippen LogP contribution in [0.3, 0.4) is 0 Å². The molecule has 0 aliphatic carbocycles. The number of amides is 2. The van der Waals surface area contributed by atoms with Crippen LogP contribution in [0.4, 0.5) is 0 Å². The molecule has 2 aliphatic heterocycles.